The molecule has 0 heterocycles. The fourth-order valence-corrected chi connectivity index (χ4v) is 3.11. The number of methoxy groups -OCH3 is 2. The van der Waals surface area contributed by atoms with Crippen LogP contribution in [0, 0.1) is 0 Å². The second kappa shape index (κ2) is 10.7. The van der Waals surface area contributed by atoms with Crippen molar-refractivity contribution in [3.05, 3.63) is 71.8 Å². The van der Waals surface area contributed by atoms with Gasteiger partial charge in [0, 0.05) is 0 Å². The first-order valence-corrected chi connectivity index (χ1v) is 10.0. The topological polar surface area (TPSA) is 77.3 Å². The van der Waals surface area contributed by atoms with E-state index in [9.17, 15) is 9.59 Å². The molecule has 6 heteroatoms. The molecule has 2 atom stereocenters. The summed E-state index contributed by atoms with van der Waals surface area (Å²) in [5.41, 5.74) is -0.232. The van der Waals surface area contributed by atoms with E-state index < -0.39 is 23.0 Å². The number of hydrogen-bond acceptors (Lipinski definition) is 6. The predicted molar refractivity (Wildman–Crippen MR) is 115 cm³/mol. The first-order chi connectivity index (χ1) is 14.3. The number of ether oxygens (including phenoxy) is 2. The minimum Gasteiger partial charge on any atom is -0.467 e. The van der Waals surface area contributed by atoms with E-state index >= 15 is 0 Å². The van der Waals surface area contributed by atoms with Crippen molar-refractivity contribution in [2.75, 3.05) is 14.2 Å². The van der Waals surface area contributed by atoms with Gasteiger partial charge in [-0.1, -0.05) is 60.7 Å². The molecule has 0 N–H and O–H groups in total. The highest BCUT2D eigenvalue weighted by molar-refractivity contribution is 5.81. The van der Waals surface area contributed by atoms with Crippen molar-refractivity contribution in [1.82, 2.24) is 0 Å². The fraction of sp³-hybridized carbons (Fsp3) is 0.417. The summed E-state index contributed by atoms with van der Waals surface area (Å²) in [5.74, 6) is -0.977. The zero-order chi connectivity index (χ0) is 22.0. The number of hydrogen-bond donors (Lipinski definition) is 0. The molecule has 0 aliphatic heterocycles. The molecule has 30 heavy (non-hydrogen) atoms. The van der Waals surface area contributed by atoms with Crippen molar-refractivity contribution < 1.29 is 19.1 Å². The average Bonchev–Trinajstić information content (AvgIpc) is 2.80. The summed E-state index contributed by atoms with van der Waals surface area (Å²) >= 11 is 0. The van der Waals surface area contributed by atoms with Crippen LogP contribution in [-0.4, -0.2) is 37.2 Å². The van der Waals surface area contributed by atoms with Crippen LogP contribution in [0.3, 0.4) is 0 Å². The van der Waals surface area contributed by atoms with Crippen LogP contribution in [0.1, 0.15) is 37.8 Å². The minimum absolute atomic E-state index is 0.406. The molecule has 0 fully saturated rings. The van der Waals surface area contributed by atoms with Crippen LogP contribution in [0.2, 0.25) is 0 Å². The lowest BCUT2D eigenvalue weighted by atomic mass is 9.93. The van der Waals surface area contributed by atoms with Crippen LogP contribution in [0.4, 0.5) is 0 Å². The lowest BCUT2D eigenvalue weighted by molar-refractivity contribution is -0.149. The van der Waals surface area contributed by atoms with Gasteiger partial charge in [0.05, 0.1) is 14.2 Å². The Morgan fingerprint density at radius 2 is 1.03 bits per heavy atom. The Labute approximate surface area is 178 Å². The molecule has 0 aliphatic carbocycles. The van der Waals surface area contributed by atoms with Gasteiger partial charge in [-0.15, -0.1) is 0 Å². The maximum absolute atomic E-state index is 12.5. The zero-order valence-corrected chi connectivity index (χ0v) is 18.1. The van der Waals surface area contributed by atoms with Crippen LogP contribution >= 0.6 is 0 Å². The Morgan fingerprint density at radius 3 is 1.33 bits per heavy atom. The summed E-state index contributed by atoms with van der Waals surface area (Å²) in [5, 5.41) is 8.69. The highest BCUT2D eigenvalue weighted by Crippen LogP contribution is 2.27. The third kappa shape index (κ3) is 6.24. The number of carbonyl (C=O) groups is 2. The van der Waals surface area contributed by atoms with Crippen LogP contribution in [0.15, 0.2) is 70.9 Å². The first-order valence-electron chi connectivity index (χ1n) is 10.0. The lowest BCUT2D eigenvalue weighted by Crippen LogP contribution is -2.38. The maximum Gasteiger partial charge on any atom is 0.335 e. The molecule has 6 nitrogen and oxygen atoms in total. The Hall–Kier alpha value is -3.02. The highest BCUT2D eigenvalue weighted by atomic mass is 16.5. The molecule has 0 radical (unpaired) electrons. The zero-order valence-electron chi connectivity index (χ0n) is 18.1. The fourth-order valence-electron chi connectivity index (χ4n) is 3.11. The monoisotopic (exact) mass is 410 g/mol. The molecule has 0 aliphatic rings. The van der Waals surface area contributed by atoms with E-state index in [1.807, 2.05) is 60.7 Å². The van der Waals surface area contributed by atoms with Crippen molar-refractivity contribution >= 4 is 11.9 Å². The number of esters is 2. The molecule has 2 unspecified atom stereocenters. The van der Waals surface area contributed by atoms with Gasteiger partial charge in [-0.05, 0) is 50.7 Å². The van der Waals surface area contributed by atoms with Gasteiger partial charge in [-0.25, -0.2) is 9.59 Å². The molecule has 0 spiro atoms. The number of benzene rings is 2. The molecule has 2 aromatic carbocycles. The SMILES string of the molecule is COC(=O)C(C)(CCc1ccccc1)N=NC(C)(CCc1ccccc1)C(=O)OC. The Kier molecular flexibility index (Phi) is 8.27. The molecule has 2 rings (SSSR count). The van der Waals surface area contributed by atoms with E-state index in [0.29, 0.717) is 25.7 Å². The van der Waals surface area contributed by atoms with Gasteiger partial charge in [0.2, 0.25) is 0 Å². The van der Waals surface area contributed by atoms with Crippen LogP contribution in [-0.2, 0) is 31.9 Å². The van der Waals surface area contributed by atoms with Crippen LogP contribution in [0.5, 0.6) is 0 Å². The second-order valence-corrected chi connectivity index (χ2v) is 7.70. The number of azo groups is 1. The molecule has 0 saturated heterocycles. The molecular formula is C24H30N2O4. The van der Waals surface area contributed by atoms with Gasteiger partial charge >= 0.3 is 11.9 Å². The van der Waals surface area contributed by atoms with E-state index in [1.54, 1.807) is 13.8 Å². The highest BCUT2D eigenvalue weighted by Gasteiger charge is 2.39. The molecule has 0 saturated carbocycles. The second-order valence-electron chi connectivity index (χ2n) is 7.70. The molecule has 2 aromatic rings. The largest absolute Gasteiger partial charge is 0.467 e. The summed E-state index contributed by atoms with van der Waals surface area (Å²) in [7, 11) is 2.65. The molecule has 0 bridgehead atoms. The Morgan fingerprint density at radius 1 is 0.700 bits per heavy atom. The summed E-state index contributed by atoms with van der Waals surface area (Å²) < 4.78 is 9.95. The third-order valence-electron chi connectivity index (χ3n) is 5.23. The number of rotatable bonds is 10. The smallest absolute Gasteiger partial charge is 0.335 e. The van der Waals surface area contributed by atoms with E-state index in [2.05, 4.69) is 10.2 Å². The molecule has 0 amide bonds. The number of nitrogens with zero attached hydrogens (tertiary/aromatic N) is 2. The predicted octanol–water partition coefficient (Wildman–Crippen LogP) is 4.57. The van der Waals surface area contributed by atoms with Gasteiger partial charge in [-0.3, -0.25) is 0 Å². The van der Waals surface area contributed by atoms with Gasteiger partial charge in [0.15, 0.2) is 11.1 Å². The van der Waals surface area contributed by atoms with Crippen molar-refractivity contribution in [2.24, 2.45) is 10.2 Å². The molecule has 160 valence electrons. The van der Waals surface area contributed by atoms with Gasteiger partial charge in [0.25, 0.3) is 0 Å². The van der Waals surface area contributed by atoms with Crippen molar-refractivity contribution in [1.29, 1.82) is 0 Å². The third-order valence-corrected chi connectivity index (χ3v) is 5.23. The summed E-state index contributed by atoms with van der Waals surface area (Å²) in [6.45, 7) is 3.36. The van der Waals surface area contributed by atoms with E-state index in [-0.39, 0.29) is 0 Å². The average molecular weight is 411 g/mol. The Balaban J connectivity index is 2.22. The van der Waals surface area contributed by atoms with Crippen LogP contribution in [0.25, 0.3) is 0 Å². The van der Waals surface area contributed by atoms with Crippen LogP contribution < -0.4 is 0 Å². The van der Waals surface area contributed by atoms with E-state index in [0.717, 1.165) is 11.1 Å². The van der Waals surface area contributed by atoms with Crippen molar-refractivity contribution in [2.45, 2.75) is 50.6 Å². The molecule has 0 aromatic heterocycles. The quantitative estimate of drug-likeness (QED) is 0.425. The first kappa shape index (κ1) is 23.3. The maximum atomic E-state index is 12.5. The Bertz CT molecular complexity index is 783. The lowest BCUT2D eigenvalue weighted by Gasteiger charge is -2.25. The summed E-state index contributed by atoms with van der Waals surface area (Å²) in [6, 6.07) is 19.7. The molecular weight excluding hydrogens is 380 g/mol. The van der Waals surface area contributed by atoms with Gasteiger partial charge in [0.1, 0.15) is 0 Å². The minimum atomic E-state index is -1.20. The number of aryl methyl sites for hydroxylation is 2. The summed E-state index contributed by atoms with van der Waals surface area (Å²) in [4.78, 5) is 25.0. The van der Waals surface area contributed by atoms with E-state index in [1.165, 1.54) is 14.2 Å². The normalized spacial score (nSPS) is 15.2. The number of carbonyl (C=O) groups excluding carboxylic acids is 2. The summed E-state index contributed by atoms with van der Waals surface area (Å²) in [6.07, 6.45) is 2.07. The van der Waals surface area contributed by atoms with E-state index in [4.69, 9.17) is 9.47 Å². The van der Waals surface area contributed by atoms with Gasteiger partial charge < -0.3 is 9.47 Å². The van der Waals surface area contributed by atoms with Gasteiger partial charge in [-0.2, -0.15) is 10.2 Å². The standard InChI is InChI=1S/C24H30N2O4/c1-23(21(27)29-3,17-15-19-11-7-5-8-12-19)25-26-24(2,22(28)30-4)18-16-20-13-9-6-10-14-20/h5-14H,15-18H2,1-4H3. The van der Waals surface area contributed by atoms with Crippen molar-refractivity contribution in [3.8, 4) is 0 Å². The van der Waals surface area contributed by atoms with Crippen molar-refractivity contribution in [3.63, 3.8) is 0 Å².